The van der Waals surface area contributed by atoms with Crippen LogP contribution >= 0.6 is 0 Å². The number of rotatable bonds is 4. The van der Waals surface area contributed by atoms with Crippen LogP contribution in [0.3, 0.4) is 0 Å². The molecule has 0 atom stereocenters. The maximum atomic E-state index is 10.1. The minimum absolute atomic E-state index is 0.0143. The lowest BCUT2D eigenvalue weighted by Crippen LogP contribution is -2.40. The Labute approximate surface area is 134 Å². The first-order valence-electron chi connectivity index (χ1n) is 7.26. The number of phenolic OH excluding ortho intramolecular Hbond substituents is 1. The van der Waals surface area contributed by atoms with E-state index in [0.29, 0.717) is 17.9 Å². The van der Waals surface area contributed by atoms with Crippen LogP contribution in [-0.2, 0) is 11.0 Å². The summed E-state index contributed by atoms with van der Waals surface area (Å²) in [5.74, 6) is 5.61. The van der Waals surface area contributed by atoms with E-state index in [1.807, 2.05) is 0 Å². The molecule has 4 nitrogen and oxygen atoms in total. The molecule has 0 spiro atoms. The van der Waals surface area contributed by atoms with E-state index in [0.717, 1.165) is 5.56 Å². The lowest BCUT2D eigenvalue weighted by Gasteiger charge is -2.36. The van der Waals surface area contributed by atoms with E-state index in [1.54, 1.807) is 12.1 Å². The summed E-state index contributed by atoms with van der Waals surface area (Å²) in [5, 5.41) is 19.0. The number of aliphatic hydroxyl groups excluding tert-OH is 1. The predicted molar refractivity (Wildman–Crippen MR) is 90.6 cm³/mol. The van der Waals surface area contributed by atoms with Crippen LogP contribution in [-0.4, -0.2) is 32.2 Å². The fraction of sp³-hybridized carbons (Fsp3) is 0.529. The summed E-state index contributed by atoms with van der Waals surface area (Å²) < 4.78 is 11.4. The smallest absolute Gasteiger partial charge is 0.192 e. The maximum absolute atomic E-state index is 10.1. The SMILES string of the molecule is COc1cc(CO[Si](C)(C)C(C)(C)C)cc(C#CCO)c1O. The topological polar surface area (TPSA) is 58.9 Å². The van der Waals surface area contributed by atoms with E-state index in [9.17, 15) is 5.11 Å². The van der Waals surface area contributed by atoms with Gasteiger partial charge in [0.2, 0.25) is 0 Å². The van der Waals surface area contributed by atoms with E-state index in [-0.39, 0.29) is 17.4 Å². The van der Waals surface area contributed by atoms with E-state index in [4.69, 9.17) is 14.3 Å². The minimum Gasteiger partial charge on any atom is -0.503 e. The summed E-state index contributed by atoms with van der Waals surface area (Å²) in [6.07, 6.45) is 0. The Morgan fingerprint density at radius 3 is 2.36 bits per heavy atom. The van der Waals surface area contributed by atoms with E-state index in [2.05, 4.69) is 45.7 Å². The number of aromatic hydroxyl groups is 1. The molecule has 122 valence electrons. The van der Waals surface area contributed by atoms with Crippen LogP contribution in [0.5, 0.6) is 11.5 Å². The molecule has 0 aromatic heterocycles. The number of hydrogen-bond donors (Lipinski definition) is 2. The van der Waals surface area contributed by atoms with Gasteiger partial charge in [0.25, 0.3) is 0 Å². The average molecular weight is 322 g/mol. The summed E-state index contributed by atoms with van der Waals surface area (Å²) in [6, 6.07) is 3.53. The quantitative estimate of drug-likeness (QED) is 0.660. The van der Waals surface area contributed by atoms with Gasteiger partial charge in [-0.05, 0) is 35.8 Å². The van der Waals surface area contributed by atoms with Crippen molar-refractivity contribution in [3.8, 4) is 23.3 Å². The zero-order valence-corrected chi connectivity index (χ0v) is 15.3. The highest BCUT2D eigenvalue weighted by molar-refractivity contribution is 6.74. The van der Waals surface area contributed by atoms with Crippen molar-refractivity contribution in [2.75, 3.05) is 13.7 Å². The summed E-state index contributed by atoms with van der Waals surface area (Å²) in [6.45, 7) is 11.1. The maximum Gasteiger partial charge on any atom is 0.192 e. The van der Waals surface area contributed by atoms with Crippen molar-refractivity contribution < 1.29 is 19.4 Å². The molecule has 1 rings (SSSR count). The molecule has 5 heteroatoms. The lowest BCUT2D eigenvalue weighted by atomic mass is 10.1. The Hall–Kier alpha value is -1.48. The molecule has 1 aromatic carbocycles. The lowest BCUT2D eigenvalue weighted by molar-refractivity contribution is 0.275. The third kappa shape index (κ3) is 4.50. The second kappa shape index (κ2) is 7.19. The standard InChI is InChI=1S/C17H26O4Si/c1-17(2,3)22(5,6)21-12-13-10-14(8-7-9-18)16(19)15(11-13)20-4/h10-11,18-19H,9,12H2,1-6H3. The van der Waals surface area contributed by atoms with Gasteiger partial charge in [0.05, 0.1) is 19.3 Å². The number of phenols is 1. The highest BCUT2D eigenvalue weighted by Gasteiger charge is 2.37. The molecule has 0 aliphatic carbocycles. The van der Waals surface area contributed by atoms with Crippen LogP contribution in [0.25, 0.3) is 0 Å². The monoisotopic (exact) mass is 322 g/mol. The summed E-state index contributed by atoms with van der Waals surface area (Å²) >= 11 is 0. The number of aliphatic hydroxyl groups is 1. The van der Waals surface area contributed by atoms with Gasteiger partial charge in [0, 0.05) is 0 Å². The number of methoxy groups -OCH3 is 1. The summed E-state index contributed by atoms with van der Waals surface area (Å²) in [4.78, 5) is 0. The van der Waals surface area contributed by atoms with Crippen molar-refractivity contribution >= 4 is 8.32 Å². The third-order valence-electron chi connectivity index (χ3n) is 4.06. The molecule has 0 aliphatic rings. The largest absolute Gasteiger partial charge is 0.503 e. The molecule has 0 fully saturated rings. The molecule has 0 saturated heterocycles. The van der Waals surface area contributed by atoms with Crippen LogP contribution in [0, 0.1) is 11.8 Å². The Morgan fingerprint density at radius 2 is 1.86 bits per heavy atom. The van der Waals surface area contributed by atoms with Crippen LogP contribution < -0.4 is 4.74 Å². The van der Waals surface area contributed by atoms with E-state index >= 15 is 0 Å². The third-order valence-corrected chi connectivity index (χ3v) is 8.54. The average Bonchev–Trinajstić information content (AvgIpc) is 2.43. The normalized spacial score (nSPS) is 11.8. The highest BCUT2D eigenvalue weighted by atomic mass is 28.4. The molecule has 0 saturated carbocycles. The van der Waals surface area contributed by atoms with Crippen molar-refractivity contribution in [1.82, 2.24) is 0 Å². The molecule has 0 amide bonds. The van der Waals surface area contributed by atoms with Gasteiger partial charge in [-0.3, -0.25) is 0 Å². The first kappa shape index (κ1) is 18.6. The summed E-state index contributed by atoms with van der Waals surface area (Å²) in [5.41, 5.74) is 1.32. The van der Waals surface area contributed by atoms with Crippen molar-refractivity contribution in [3.05, 3.63) is 23.3 Å². The van der Waals surface area contributed by atoms with Gasteiger partial charge in [0.1, 0.15) is 6.61 Å². The molecule has 0 heterocycles. The van der Waals surface area contributed by atoms with Gasteiger partial charge in [-0.1, -0.05) is 32.6 Å². The van der Waals surface area contributed by atoms with E-state index < -0.39 is 8.32 Å². The molecule has 2 N–H and O–H groups in total. The highest BCUT2D eigenvalue weighted by Crippen LogP contribution is 2.38. The molecule has 0 unspecified atom stereocenters. The zero-order chi connectivity index (χ0) is 17.0. The predicted octanol–water partition coefficient (Wildman–Crippen LogP) is 3.27. The van der Waals surface area contributed by atoms with Crippen LogP contribution in [0.1, 0.15) is 31.9 Å². The van der Waals surface area contributed by atoms with Crippen molar-refractivity contribution in [3.63, 3.8) is 0 Å². The van der Waals surface area contributed by atoms with E-state index in [1.165, 1.54) is 7.11 Å². The molecule has 22 heavy (non-hydrogen) atoms. The van der Waals surface area contributed by atoms with Crippen LogP contribution in [0.2, 0.25) is 18.1 Å². The number of hydrogen-bond acceptors (Lipinski definition) is 4. The fourth-order valence-electron chi connectivity index (χ4n) is 1.61. The minimum atomic E-state index is -1.85. The summed E-state index contributed by atoms with van der Waals surface area (Å²) in [7, 11) is -0.354. The van der Waals surface area contributed by atoms with Crippen LogP contribution in [0.4, 0.5) is 0 Å². The van der Waals surface area contributed by atoms with Gasteiger partial charge < -0.3 is 19.4 Å². The Balaban J connectivity index is 3.06. The van der Waals surface area contributed by atoms with Gasteiger partial charge in [-0.2, -0.15) is 0 Å². The second-order valence-corrected chi connectivity index (χ2v) is 11.5. The molecule has 1 aromatic rings. The Kier molecular flexibility index (Phi) is 6.06. The second-order valence-electron chi connectivity index (χ2n) is 6.70. The first-order valence-corrected chi connectivity index (χ1v) is 10.2. The van der Waals surface area contributed by atoms with Crippen molar-refractivity contribution in [2.24, 2.45) is 0 Å². The Bertz CT molecular complexity index is 577. The molecule has 0 aliphatic heterocycles. The van der Waals surface area contributed by atoms with Crippen LogP contribution in [0.15, 0.2) is 12.1 Å². The molecular weight excluding hydrogens is 296 g/mol. The number of benzene rings is 1. The zero-order valence-electron chi connectivity index (χ0n) is 14.3. The van der Waals surface area contributed by atoms with Crippen molar-refractivity contribution in [2.45, 2.75) is 45.5 Å². The number of ether oxygens (including phenoxy) is 1. The molecule has 0 bridgehead atoms. The molecule has 0 radical (unpaired) electrons. The molecular formula is C17H26O4Si. The van der Waals surface area contributed by atoms with Gasteiger partial charge in [-0.25, -0.2) is 0 Å². The fourth-order valence-corrected chi connectivity index (χ4v) is 2.57. The first-order chi connectivity index (χ1) is 10.1. The van der Waals surface area contributed by atoms with Gasteiger partial charge in [0.15, 0.2) is 19.8 Å². The van der Waals surface area contributed by atoms with Crippen molar-refractivity contribution in [1.29, 1.82) is 0 Å². The Morgan fingerprint density at radius 1 is 1.23 bits per heavy atom. The van der Waals surface area contributed by atoms with Gasteiger partial charge in [-0.15, -0.1) is 0 Å². The van der Waals surface area contributed by atoms with Gasteiger partial charge >= 0.3 is 0 Å².